The number of amides is 1. The standard InChI is InChI=1S/C16H18N2O4/c1-11(22-14-6-2-4-12(8-14)9-17)15(19)18-7-3-5-13(10-18)16(20)21/h2,4,6,8,11,13H,3,5,7,10H2,1H3,(H,20,21)/t11-,13+/m1/s1. The first-order valence-corrected chi connectivity index (χ1v) is 7.19. The first kappa shape index (κ1) is 15.8. The highest BCUT2D eigenvalue weighted by Gasteiger charge is 2.30. The van der Waals surface area contributed by atoms with Crippen molar-refractivity contribution < 1.29 is 19.4 Å². The molecule has 1 aliphatic heterocycles. The number of hydrogen-bond donors (Lipinski definition) is 1. The zero-order valence-electron chi connectivity index (χ0n) is 12.4. The summed E-state index contributed by atoms with van der Waals surface area (Å²) in [5.41, 5.74) is 0.459. The summed E-state index contributed by atoms with van der Waals surface area (Å²) in [4.78, 5) is 25.0. The van der Waals surface area contributed by atoms with E-state index in [2.05, 4.69) is 0 Å². The molecule has 1 heterocycles. The van der Waals surface area contributed by atoms with Crippen molar-refractivity contribution in [3.63, 3.8) is 0 Å². The number of nitriles is 1. The average molecular weight is 302 g/mol. The number of piperidine rings is 1. The van der Waals surface area contributed by atoms with Crippen molar-refractivity contribution in [2.24, 2.45) is 5.92 Å². The number of rotatable bonds is 4. The maximum Gasteiger partial charge on any atom is 0.308 e. The quantitative estimate of drug-likeness (QED) is 0.913. The second-order valence-corrected chi connectivity index (χ2v) is 5.36. The molecule has 1 aliphatic rings. The minimum atomic E-state index is -0.868. The molecule has 0 aliphatic carbocycles. The van der Waals surface area contributed by atoms with Crippen molar-refractivity contribution in [3.05, 3.63) is 29.8 Å². The van der Waals surface area contributed by atoms with Gasteiger partial charge in [-0.25, -0.2) is 0 Å². The molecule has 1 aromatic rings. The molecule has 1 aromatic carbocycles. The van der Waals surface area contributed by atoms with Crippen LogP contribution in [0.2, 0.25) is 0 Å². The van der Waals surface area contributed by atoms with Gasteiger partial charge >= 0.3 is 5.97 Å². The molecule has 1 fully saturated rings. The maximum absolute atomic E-state index is 12.4. The molecular weight excluding hydrogens is 284 g/mol. The molecule has 2 atom stereocenters. The Bertz CT molecular complexity index is 608. The smallest absolute Gasteiger partial charge is 0.308 e. The summed E-state index contributed by atoms with van der Waals surface area (Å²) < 4.78 is 5.58. The van der Waals surface area contributed by atoms with Crippen molar-refractivity contribution in [2.45, 2.75) is 25.9 Å². The summed E-state index contributed by atoms with van der Waals surface area (Å²) in [6.45, 7) is 2.40. The van der Waals surface area contributed by atoms with Crippen LogP contribution in [0.15, 0.2) is 24.3 Å². The normalized spacial score (nSPS) is 19.1. The lowest BCUT2D eigenvalue weighted by Crippen LogP contribution is -2.47. The minimum absolute atomic E-state index is 0.222. The van der Waals surface area contributed by atoms with Gasteiger partial charge in [-0.3, -0.25) is 9.59 Å². The molecule has 0 spiro atoms. The van der Waals surface area contributed by atoms with Gasteiger partial charge in [-0.1, -0.05) is 6.07 Å². The Kier molecular flexibility index (Phi) is 4.99. The Labute approximate surface area is 128 Å². The molecule has 0 saturated carbocycles. The lowest BCUT2D eigenvalue weighted by atomic mass is 9.98. The van der Waals surface area contributed by atoms with Crippen molar-refractivity contribution in [1.82, 2.24) is 4.90 Å². The zero-order valence-corrected chi connectivity index (χ0v) is 12.4. The highest BCUT2D eigenvalue weighted by Crippen LogP contribution is 2.19. The van der Waals surface area contributed by atoms with E-state index in [1.165, 1.54) is 0 Å². The van der Waals surface area contributed by atoms with Crippen molar-refractivity contribution in [1.29, 1.82) is 5.26 Å². The van der Waals surface area contributed by atoms with Crippen LogP contribution in [-0.2, 0) is 9.59 Å². The zero-order chi connectivity index (χ0) is 16.1. The first-order valence-electron chi connectivity index (χ1n) is 7.19. The fourth-order valence-corrected chi connectivity index (χ4v) is 2.53. The largest absolute Gasteiger partial charge is 0.481 e. The van der Waals surface area contributed by atoms with E-state index in [0.29, 0.717) is 30.7 Å². The number of carbonyl (C=O) groups is 2. The van der Waals surface area contributed by atoms with Crippen molar-refractivity contribution in [2.75, 3.05) is 13.1 Å². The van der Waals surface area contributed by atoms with E-state index in [4.69, 9.17) is 15.1 Å². The van der Waals surface area contributed by atoms with Gasteiger partial charge in [0.25, 0.3) is 5.91 Å². The number of nitrogens with zero attached hydrogens (tertiary/aromatic N) is 2. The fraction of sp³-hybridized carbons (Fsp3) is 0.438. The Morgan fingerprint density at radius 1 is 1.50 bits per heavy atom. The van der Waals surface area contributed by atoms with E-state index in [1.54, 1.807) is 36.1 Å². The van der Waals surface area contributed by atoms with Gasteiger partial charge in [0.2, 0.25) is 0 Å². The van der Waals surface area contributed by atoms with Crippen molar-refractivity contribution >= 4 is 11.9 Å². The van der Waals surface area contributed by atoms with Gasteiger partial charge in [-0.2, -0.15) is 5.26 Å². The van der Waals surface area contributed by atoms with Crippen LogP contribution < -0.4 is 4.74 Å². The third-order valence-electron chi connectivity index (χ3n) is 3.71. The fourth-order valence-electron chi connectivity index (χ4n) is 2.53. The van der Waals surface area contributed by atoms with Gasteiger partial charge in [0.05, 0.1) is 17.6 Å². The molecule has 0 unspecified atom stereocenters. The number of carboxylic acids is 1. The van der Waals surface area contributed by atoms with Crippen LogP contribution in [0.4, 0.5) is 0 Å². The second kappa shape index (κ2) is 6.94. The minimum Gasteiger partial charge on any atom is -0.481 e. The number of ether oxygens (including phenoxy) is 1. The SMILES string of the molecule is C[C@@H](Oc1cccc(C#N)c1)C(=O)N1CCC[C@H](C(=O)O)C1. The molecule has 1 amide bonds. The number of likely N-dealkylation sites (tertiary alicyclic amines) is 1. The van der Waals surface area contributed by atoms with E-state index < -0.39 is 18.0 Å². The predicted molar refractivity (Wildman–Crippen MR) is 78.2 cm³/mol. The summed E-state index contributed by atoms with van der Waals surface area (Å²) in [6.07, 6.45) is 0.555. The monoisotopic (exact) mass is 302 g/mol. The van der Waals surface area contributed by atoms with Crippen LogP contribution in [0.5, 0.6) is 5.75 Å². The molecule has 22 heavy (non-hydrogen) atoms. The Balaban J connectivity index is 1.99. The third-order valence-corrected chi connectivity index (χ3v) is 3.71. The third kappa shape index (κ3) is 3.76. The Hall–Kier alpha value is -2.55. The van der Waals surface area contributed by atoms with Gasteiger partial charge < -0.3 is 14.7 Å². The van der Waals surface area contributed by atoms with Crippen LogP contribution in [0.1, 0.15) is 25.3 Å². The Morgan fingerprint density at radius 2 is 2.27 bits per heavy atom. The maximum atomic E-state index is 12.4. The average Bonchev–Trinajstić information content (AvgIpc) is 2.54. The highest BCUT2D eigenvalue weighted by molar-refractivity contribution is 5.82. The lowest BCUT2D eigenvalue weighted by Gasteiger charge is -2.32. The molecule has 0 radical (unpaired) electrons. The van der Waals surface area contributed by atoms with Gasteiger partial charge in [0.1, 0.15) is 5.75 Å². The predicted octanol–water partition coefficient (Wildman–Crippen LogP) is 1.65. The molecule has 6 heteroatoms. The number of hydrogen-bond acceptors (Lipinski definition) is 4. The van der Waals surface area contributed by atoms with Gasteiger partial charge in [0.15, 0.2) is 6.10 Å². The van der Waals surface area contributed by atoms with Crippen LogP contribution in [0.3, 0.4) is 0 Å². The summed E-state index contributed by atoms with van der Waals surface area (Å²) >= 11 is 0. The van der Waals surface area contributed by atoms with E-state index in [-0.39, 0.29) is 12.5 Å². The molecule has 2 rings (SSSR count). The molecule has 116 valence electrons. The molecule has 1 saturated heterocycles. The van der Waals surface area contributed by atoms with E-state index in [9.17, 15) is 9.59 Å². The van der Waals surface area contributed by atoms with Gasteiger partial charge in [0, 0.05) is 13.1 Å². The molecule has 0 bridgehead atoms. The highest BCUT2D eigenvalue weighted by atomic mass is 16.5. The van der Waals surface area contributed by atoms with E-state index >= 15 is 0 Å². The first-order chi connectivity index (χ1) is 10.5. The lowest BCUT2D eigenvalue weighted by molar-refractivity contribution is -0.147. The number of benzene rings is 1. The molecule has 0 aromatic heterocycles. The molecule has 6 nitrogen and oxygen atoms in total. The van der Waals surface area contributed by atoms with Crippen molar-refractivity contribution in [3.8, 4) is 11.8 Å². The molecular formula is C16H18N2O4. The van der Waals surface area contributed by atoms with E-state index in [1.807, 2.05) is 6.07 Å². The van der Waals surface area contributed by atoms with E-state index in [0.717, 1.165) is 0 Å². The van der Waals surface area contributed by atoms with Crippen LogP contribution in [-0.4, -0.2) is 41.1 Å². The number of carbonyl (C=O) groups excluding carboxylic acids is 1. The summed E-state index contributed by atoms with van der Waals surface area (Å²) in [7, 11) is 0. The number of carboxylic acid groups (broad SMARTS) is 1. The number of aliphatic carboxylic acids is 1. The van der Waals surface area contributed by atoms with Crippen LogP contribution in [0.25, 0.3) is 0 Å². The van der Waals surface area contributed by atoms with Crippen LogP contribution >= 0.6 is 0 Å². The summed E-state index contributed by atoms with van der Waals surface area (Å²) in [5.74, 6) is -1.15. The Morgan fingerprint density at radius 3 is 2.95 bits per heavy atom. The summed E-state index contributed by atoms with van der Waals surface area (Å²) in [5, 5.41) is 17.9. The molecule has 1 N–H and O–H groups in total. The van der Waals surface area contributed by atoms with Crippen LogP contribution in [0, 0.1) is 17.2 Å². The van der Waals surface area contributed by atoms with Gasteiger partial charge in [-0.15, -0.1) is 0 Å². The second-order valence-electron chi connectivity index (χ2n) is 5.36. The van der Waals surface area contributed by atoms with Gasteiger partial charge in [-0.05, 0) is 38.0 Å². The topological polar surface area (TPSA) is 90.6 Å². The summed E-state index contributed by atoms with van der Waals surface area (Å²) in [6, 6.07) is 8.60.